The van der Waals surface area contributed by atoms with Gasteiger partial charge >= 0.3 is 0 Å². The first-order chi connectivity index (χ1) is 14.0. The van der Waals surface area contributed by atoms with Crippen molar-refractivity contribution in [2.75, 3.05) is 0 Å². The zero-order valence-corrected chi connectivity index (χ0v) is 19.8. The second-order valence-electron chi connectivity index (χ2n) is 11.3. The average Bonchev–Trinajstić information content (AvgIpc) is 3.00. The van der Waals surface area contributed by atoms with Gasteiger partial charge in [-0.05, 0) is 99.2 Å². The van der Waals surface area contributed by atoms with Crippen LogP contribution in [0.2, 0.25) is 0 Å². The van der Waals surface area contributed by atoms with E-state index in [0.29, 0.717) is 30.1 Å². The second kappa shape index (κ2) is 9.30. The summed E-state index contributed by atoms with van der Waals surface area (Å²) in [5.74, 6) is 2.06. The minimum absolute atomic E-state index is 0.359. The lowest BCUT2D eigenvalue weighted by Crippen LogP contribution is -2.35. The molecule has 3 unspecified atom stereocenters. The molecule has 30 heavy (non-hydrogen) atoms. The van der Waals surface area contributed by atoms with Crippen molar-refractivity contribution in [2.45, 2.75) is 110 Å². The van der Waals surface area contributed by atoms with E-state index in [1.165, 1.54) is 31.3 Å². The van der Waals surface area contributed by atoms with E-state index >= 15 is 0 Å². The van der Waals surface area contributed by atoms with Gasteiger partial charge in [0.1, 0.15) is 0 Å². The molecule has 3 aliphatic rings. The lowest BCUT2D eigenvalue weighted by atomic mass is 9.62. The van der Waals surface area contributed by atoms with E-state index in [-0.39, 0.29) is 0 Å². The Kier molecular flexibility index (Phi) is 7.37. The predicted octanol–water partition coefficient (Wildman–Crippen LogP) is 5.70. The Hall–Kier alpha value is -0.900. The maximum atomic E-state index is 10.2. The van der Waals surface area contributed by atoms with Gasteiger partial charge in [-0.15, -0.1) is 0 Å². The Bertz CT molecular complexity index is 695. The van der Waals surface area contributed by atoms with Crippen molar-refractivity contribution in [3.8, 4) is 0 Å². The molecule has 0 spiro atoms. The molecule has 0 aromatic rings. The fourth-order valence-electron chi connectivity index (χ4n) is 6.58. The van der Waals surface area contributed by atoms with Gasteiger partial charge in [0.05, 0.1) is 17.8 Å². The third kappa shape index (κ3) is 5.29. The summed E-state index contributed by atoms with van der Waals surface area (Å²) in [6.07, 6.45) is 15.2. The third-order valence-electron chi connectivity index (χ3n) is 8.44. The summed E-state index contributed by atoms with van der Waals surface area (Å²) in [6.45, 7) is 10.8. The molecule has 0 amide bonds. The maximum absolute atomic E-state index is 10.2. The zero-order valence-electron chi connectivity index (χ0n) is 19.8. The van der Waals surface area contributed by atoms with Crippen LogP contribution >= 0.6 is 0 Å². The van der Waals surface area contributed by atoms with Crippen molar-refractivity contribution in [1.82, 2.24) is 0 Å². The predicted molar refractivity (Wildman–Crippen MR) is 124 cm³/mol. The van der Waals surface area contributed by atoms with E-state index in [1.807, 2.05) is 20.8 Å². The number of rotatable bonds is 7. The SMILES string of the molecule is CC1=C(/C=C\C2=CCCC3(C)[C@@H](C(C)CCCC(C)(C)O)CC[C@@H]23)CC(O)C[C@@H]1O. The summed E-state index contributed by atoms with van der Waals surface area (Å²) < 4.78 is 0. The first-order valence-corrected chi connectivity index (χ1v) is 12.2. The molecular weight excluding hydrogens is 372 g/mol. The smallest absolute Gasteiger partial charge is 0.0777 e. The molecule has 0 saturated heterocycles. The van der Waals surface area contributed by atoms with Gasteiger partial charge in [-0.2, -0.15) is 0 Å². The van der Waals surface area contributed by atoms with Crippen molar-refractivity contribution in [1.29, 1.82) is 0 Å². The van der Waals surface area contributed by atoms with Crippen LogP contribution in [0, 0.1) is 23.2 Å². The molecule has 3 aliphatic carbocycles. The molecule has 3 heteroatoms. The zero-order chi connectivity index (χ0) is 22.1. The molecule has 170 valence electrons. The Morgan fingerprint density at radius 1 is 1.23 bits per heavy atom. The van der Waals surface area contributed by atoms with Crippen LogP contribution in [0.4, 0.5) is 0 Å². The summed E-state index contributed by atoms with van der Waals surface area (Å²) in [6, 6.07) is 0. The highest BCUT2D eigenvalue weighted by Crippen LogP contribution is 2.58. The molecule has 3 N–H and O–H groups in total. The second-order valence-corrected chi connectivity index (χ2v) is 11.3. The van der Waals surface area contributed by atoms with Gasteiger partial charge in [0.25, 0.3) is 0 Å². The van der Waals surface area contributed by atoms with E-state index in [1.54, 1.807) is 0 Å². The summed E-state index contributed by atoms with van der Waals surface area (Å²) >= 11 is 0. The van der Waals surface area contributed by atoms with Crippen molar-refractivity contribution >= 4 is 0 Å². The number of fused-ring (bicyclic) bond motifs is 1. The van der Waals surface area contributed by atoms with Gasteiger partial charge in [0.15, 0.2) is 0 Å². The molecule has 1 fully saturated rings. The molecule has 6 atom stereocenters. The molecule has 0 radical (unpaired) electrons. The fourth-order valence-corrected chi connectivity index (χ4v) is 6.58. The average molecular weight is 417 g/mol. The van der Waals surface area contributed by atoms with E-state index in [4.69, 9.17) is 0 Å². The van der Waals surface area contributed by atoms with Crippen molar-refractivity contribution < 1.29 is 15.3 Å². The number of aliphatic hydroxyl groups is 3. The van der Waals surface area contributed by atoms with Crippen LogP contribution < -0.4 is 0 Å². The number of hydrogen-bond donors (Lipinski definition) is 3. The number of allylic oxidation sites excluding steroid dienone is 4. The molecule has 3 rings (SSSR count). The summed E-state index contributed by atoms with van der Waals surface area (Å²) in [7, 11) is 0. The first kappa shape index (κ1) is 23.8. The largest absolute Gasteiger partial charge is 0.393 e. The Labute approximate surface area is 184 Å². The van der Waals surface area contributed by atoms with E-state index in [0.717, 1.165) is 36.3 Å². The van der Waals surface area contributed by atoms with Gasteiger partial charge in [-0.25, -0.2) is 0 Å². The van der Waals surface area contributed by atoms with Gasteiger partial charge < -0.3 is 15.3 Å². The topological polar surface area (TPSA) is 60.7 Å². The molecule has 0 heterocycles. The Balaban J connectivity index is 1.68. The number of aliphatic hydroxyl groups excluding tert-OH is 2. The van der Waals surface area contributed by atoms with Crippen LogP contribution in [-0.4, -0.2) is 33.1 Å². The molecule has 3 nitrogen and oxygen atoms in total. The molecule has 0 aliphatic heterocycles. The van der Waals surface area contributed by atoms with E-state index in [2.05, 4.69) is 32.1 Å². The van der Waals surface area contributed by atoms with Crippen LogP contribution in [-0.2, 0) is 0 Å². The highest BCUT2D eigenvalue weighted by Gasteiger charge is 2.49. The lowest BCUT2D eigenvalue weighted by molar-refractivity contribution is 0.0613. The van der Waals surface area contributed by atoms with Crippen molar-refractivity contribution in [3.05, 3.63) is 34.9 Å². The Morgan fingerprint density at radius 2 is 1.97 bits per heavy atom. The highest BCUT2D eigenvalue weighted by molar-refractivity contribution is 5.37. The normalized spacial score (nSPS) is 36.2. The lowest BCUT2D eigenvalue weighted by Gasteiger charge is -2.43. The van der Waals surface area contributed by atoms with Gasteiger partial charge in [0.2, 0.25) is 0 Å². The summed E-state index contributed by atoms with van der Waals surface area (Å²) in [5.41, 5.74) is 3.38. The number of hydrogen-bond acceptors (Lipinski definition) is 3. The van der Waals surface area contributed by atoms with Crippen LogP contribution in [0.25, 0.3) is 0 Å². The molecule has 1 saturated carbocycles. The van der Waals surface area contributed by atoms with Crippen LogP contribution in [0.3, 0.4) is 0 Å². The van der Waals surface area contributed by atoms with Gasteiger partial charge in [-0.1, -0.05) is 44.9 Å². The summed E-state index contributed by atoms with van der Waals surface area (Å²) in [5, 5.41) is 30.3. The Morgan fingerprint density at radius 3 is 2.67 bits per heavy atom. The maximum Gasteiger partial charge on any atom is 0.0777 e. The van der Waals surface area contributed by atoms with Gasteiger partial charge in [0, 0.05) is 6.42 Å². The molecular formula is C27H44O3. The summed E-state index contributed by atoms with van der Waals surface area (Å²) in [4.78, 5) is 0. The molecule has 0 bridgehead atoms. The van der Waals surface area contributed by atoms with Gasteiger partial charge in [-0.3, -0.25) is 0 Å². The standard InChI is InChI=1S/C27H44O3/c1-18(8-6-14-26(3,4)30)23-12-13-24-20(9-7-15-27(23,24)5)10-11-21-16-22(28)17-25(29)19(21)2/h9-11,18,22-25,28-30H,6-8,12-17H2,1-5H3/b11-10-/t18?,22?,23-,24+,25+,27?/m1/s1. The van der Waals surface area contributed by atoms with E-state index in [9.17, 15) is 15.3 Å². The van der Waals surface area contributed by atoms with E-state index < -0.39 is 17.8 Å². The molecule has 0 aromatic heterocycles. The van der Waals surface area contributed by atoms with Crippen LogP contribution in [0.1, 0.15) is 92.4 Å². The van der Waals surface area contributed by atoms with Crippen molar-refractivity contribution in [2.24, 2.45) is 23.2 Å². The monoisotopic (exact) mass is 416 g/mol. The van der Waals surface area contributed by atoms with Crippen LogP contribution in [0.5, 0.6) is 0 Å². The minimum atomic E-state index is -0.555. The quantitative estimate of drug-likeness (QED) is 0.498. The molecule has 0 aromatic carbocycles. The highest BCUT2D eigenvalue weighted by atomic mass is 16.3. The first-order valence-electron chi connectivity index (χ1n) is 12.2. The third-order valence-corrected chi connectivity index (χ3v) is 8.44. The fraction of sp³-hybridized carbons (Fsp3) is 0.778. The van der Waals surface area contributed by atoms with Crippen LogP contribution in [0.15, 0.2) is 34.9 Å². The van der Waals surface area contributed by atoms with Crippen molar-refractivity contribution in [3.63, 3.8) is 0 Å². The minimum Gasteiger partial charge on any atom is -0.393 e.